The second-order valence-electron chi connectivity index (χ2n) is 7.95. The van der Waals surface area contributed by atoms with E-state index in [1.165, 1.54) is 17.5 Å². The third kappa shape index (κ3) is 2.80. The van der Waals surface area contributed by atoms with Gasteiger partial charge in [0.05, 0.1) is 0 Å². The maximum atomic E-state index is 13.0. The van der Waals surface area contributed by atoms with Crippen molar-refractivity contribution in [2.24, 2.45) is 5.92 Å². The van der Waals surface area contributed by atoms with E-state index in [0.717, 1.165) is 38.9 Å². The van der Waals surface area contributed by atoms with Crippen LogP contribution in [0.3, 0.4) is 0 Å². The minimum atomic E-state index is 0.0457. The zero-order valence-corrected chi connectivity index (χ0v) is 14.9. The Labute approximate surface area is 154 Å². The second-order valence-corrected chi connectivity index (χ2v) is 7.95. The molecule has 134 valence electrons. The lowest BCUT2D eigenvalue weighted by Gasteiger charge is -2.36. The van der Waals surface area contributed by atoms with Gasteiger partial charge in [0.1, 0.15) is 0 Å². The highest BCUT2D eigenvalue weighted by Crippen LogP contribution is 2.33. The molecule has 3 aliphatic heterocycles. The summed E-state index contributed by atoms with van der Waals surface area (Å²) < 4.78 is 0. The number of fused-ring (bicyclic) bond motifs is 5. The van der Waals surface area contributed by atoms with Crippen molar-refractivity contribution in [3.63, 3.8) is 0 Å². The molecule has 6 rings (SSSR count). The van der Waals surface area contributed by atoms with E-state index in [9.17, 15) is 4.79 Å². The predicted molar refractivity (Wildman–Crippen MR) is 98.8 cm³/mol. The Bertz CT molecular complexity index is 784. The highest BCUT2D eigenvalue weighted by atomic mass is 16.2. The van der Waals surface area contributed by atoms with Crippen LogP contribution in [0.1, 0.15) is 34.5 Å². The molecule has 1 aliphatic carbocycles. The fraction of sp³-hybridized carbons (Fsp3) is 0.476. The number of hydrogen-bond donors (Lipinski definition) is 0. The average molecular weight is 348 g/mol. The molecule has 2 aromatic rings. The van der Waals surface area contributed by atoms with E-state index in [2.05, 4.69) is 44.3 Å². The Kier molecular flexibility index (Phi) is 3.97. The molecule has 1 aromatic heterocycles. The third-order valence-electron chi connectivity index (χ3n) is 6.34. The quantitative estimate of drug-likeness (QED) is 0.835. The summed E-state index contributed by atoms with van der Waals surface area (Å²) in [6.45, 7) is 2.96. The zero-order chi connectivity index (χ0) is 17.5. The summed E-state index contributed by atoms with van der Waals surface area (Å²) in [4.78, 5) is 17.7. The van der Waals surface area contributed by atoms with Crippen molar-refractivity contribution < 1.29 is 4.79 Å². The number of carbonyl (C=O) groups is 1. The summed E-state index contributed by atoms with van der Waals surface area (Å²) in [6, 6.07) is 13.3. The van der Waals surface area contributed by atoms with Crippen LogP contribution in [0.2, 0.25) is 0 Å². The van der Waals surface area contributed by atoms with Crippen LogP contribution in [0.5, 0.6) is 0 Å². The minimum absolute atomic E-state index is 0.0457. The molecular weight excluding hydrogens is 324 g/mol. The van der Waals surface area contributed by atoms with Crippen molar-refractivity contribution >= 4 is 5.91 Å². The van der Waals surface area contributed by atoms with Crippen LogP contribution in [-0.2, 0) is 12.8 Å². The highest BCUT2D eigenvalue weighted by Gasteiger charge is 2.40. The Morgan fingerprint density at radius 1 is 0.923 bits per heavy atom. The van der Waals surface area contributed by atoms with E-state index in [-0.39, 0.29) is 5.91 Å². The van der Waals surface area contributed by atoms with Gasteiger partial charge in [-0.1, -0.05) is 24.3 Å². The molecule has 5 heteroatoms. The van der Waals surface area contributed by atoms with Gasteiger partial charge < -0.3 is 4.90 Å². The van der Waals surface area contributed by atoms with E-state index in [4.69, 9.17) is 0 Å². The van der Waals surface area contributed by atoms with Crippen LogP contribution in [0.15, 0.2) is 42.6 Å². The summed E-state index contributed by atoms with van der Waals surface area (Å²) >= 11 is 0. The van der Waals surface area contributed by atoms with Crippen molar-refractivity contribution in [2.75, 3.05) is 19.6 Å². The summed E-state index contributed by atoms with van der Waals surface area (Å²) in [5.41, 5.74) is 3.48. The first-order valence-electron chi connectivity index (χ1n) is 9.67. The number of amides is 1. The number of hydrogen-bond acceptors (Lipinski definition) is 4. The van der Waals surface area contributed by atoms with Crippen molar-refractivity contribution in [3.05, 3.63) is 59.4 Å². The van der Waals surface area contributed by atoms with Crippen molar-refractivity contribution in [3.8, 4) is 0 Å². The second kappa shape index (κ2) is 6.47. The summed E-state index contributed by atoms with van der Waals surface area (Å²) in [7, 11) is 0. The van der Waals surface area contributed by atoms with Gasteiger partial charge in [-0.05, 0) is 54.9 Å². The maximum Gasteiger partial charge on any atom is 0.274 e. The van der Waals surface area contributed by atoms with E-state index < -0.39 is 0 Å². The molecule has 0 radical (unpaired) electrons. The smallest absolute Gasteiger partial charge is 0.274 e. The fourth-order valence-corrected chi connectivity index (χ4v) is 5.02. The molecular formula is C21H24N4O. The summed E-state index contributed by atoms with van der Waals surface area (Å²) in [5.74, 6) is 0.613. The van der Waals surface area contributed by atoms with Gasteiger partial charge in [-0.3, -0.25) is 9.69 Å². The molecule has 2 atom stereocenters. The van der Waals surface area contributed by atoms with Gasteiger partial charge >= 0.3 is 0 Å². The first kappa shape index (κ1) is 15.9. The number of rotatable bonds is 2. The van der Waals surface area contributed by atoms with Gasteiger partial charge in [0, 0.05) is 37.9 Å². The SMILES string of the molecule is O=C(c1cccnn1)N1C[C@H]2CC[C@@H]1CN(C1Cc3ccccc3C1)C2. The van der Waals surface area contributed by atoms with Crippen LogP contribution in [0.25, 0.3) is 0 Å². The normalized spacial score (nSPS) is 25.9. The Morgan fingerprint density at radius 2 is 1.73 bits per heavy atom. The molecule has 1 amide bonds. The first-order valence-corrected chi connectivity index (χ1v) is 9.67. The van der Waals surface area contributed by atoms with Gasteiger partial charge in [-0.2, -0.15) is 5.10 Å². The van der Waals surface area contributed by atoms with Gasteiger partial charge in [0.15, 0.2) is 5.69 Å². The van der Waals surface area contributed by atoms with Crippen molar-refractivity contribution in [1.29, 1.82) is 0 Å². The monoisotopic (exact) mass is 348 g/mol. The zero-order valence-electron chi connectivity index (χ0n) is 14.9. The molecule has 3 fully saturated rings. The molecule has 5 nitrogen and oxygen atoms in total. The Morgan fingerprint density at radius 3 is 2.46 bits per heavy atom. The lowest BCUT2D eigenvalue weighted by molar-refractivity contribution is 0.0574. The largest absolute Gasteiger partial charge is 0.333 e. The molecule has 0 saturated carbocycles. The molecule has 2 bridgehead atoms. The van der Waals surface area contributed by atoms with E-state index in [0.29, 0.717) is 23.7 Å². The molecule has 1 aromatic carbocycles. The van der Waals surface area contributed by atoms with Crippen molar-refractivity contribution in [1.82, 2.24) is 20.0 Å². The molecule has 0 unspecified atom stereocenters. The van der Waals surface area contributed by atoms with Gasteiger partial charge in [-0.15, -0.1) is 5.10 Å². The third-order valence-corrected chi connectivity index (χ3v) is 6.34. The van der Waals surface area contributed by atoms with Crippen LogP contribution in [0.4, 0.5) is 0 Å². The number of aromatic nitrogens is 2. The van der Waals surface area contributed by atoms with Crippen LogP contribution < -0.4 is 0 Å². The summed E-state index contributed by atoms with van der Waals surface area (Å²) in [6.07, 6.45) is 6.24. The minimum Gasteiger partial charge on any atom is -0.333 e. The predicted octanol–water partition coefficient (Wildman–Crippen LogP) is 2.18. The van der Waals surface area contributed by atoms with E-state index >= 15 is 0 Å². The number of piperidine rings is 1. The van der Waals surface area contributed by atoms with Crippen LogP contribution in [0, 0.1) is 5.92 Å². The highest BCUT2D eigenvalue weighted by molar-refractivity contribution is 5.92. The van der Waals surface area contributed by atoms with Gasteiger partial charge in [0.25, 0.3) is 5.91 Å². The van der Waals surface area contributed by atoms with Crippen LogP contribution in [-0.4, -0.2) is 57.6 Å². The molecule has 26 heavy (non-hydrogen) atoms. The maximum absolute atomic E-state index is 13.0. The lowest BCUT2D eigenvalue weighted by Crippen LogP contribution is -2.48. The van der Waals surface area contributed by atoms with Crippen molar-refractivity contribution in [2.45, 2.75) is 37.8 Å². The summed E-state index contributed by atoms with van der Waals surface area (Å²) in [5, 5.41) is 7.92. The van der Waals surface area contributed by atoms with Crippen LogP contribution >= 0.6 is 0 Å². The molecule has 3 saturated heterocycles. The molecule has 4 heterocycles. The van der Waals surface area contributed by atoms with Gasteiger partial charge in [-0.25, -0.2) is 0 Å². The lowest BCUT2D eigenvalue weighted by atomic mass is 9.94. The topological polar surface area (TPSA) is 49.3 Å². The number of carbonyl (C=O) groups excluding carboxylic acids is 1. The first-order chi connectivity index (χ1) is 12.8. The van der Waals surface area contributed by atoms with Gasteiger partial charge in [0.2, 0.25) is 0 Å². The standard InChI is InChI=1S/C21H24N4O/c26-21(20-6-3-9-22-23-20)25-13-15-7-8-18(25)14-24(12-15)19-10-16-4-1-2-5-17(16)11-19/h1-6,9,15,18-19H,7-8,10-14H2/t15-,18+/m0/s1. The number of nitrogens with zero attached hydrogens (tertiary/aromatic N) is 4. The molecule has 4 aliphatic rings. The van der Waals surface area contributed by atoms with E-state index in [1.54, 1.807) is 18.3 Å². The molecule has 0 N–H and O–H groups in total. The molecule has 0 spiro atoms. The Hall–Kier alpha value is -2.27. The van der Waals surface area contributed by atoms with E-state index in [1.807, 2.05) is 0 Å². The average Bonchev–Trinajstić information content (AvgIpc) is 2.91. The Balaban J connectivity index is 1.34. The number of benzene rings is 1. The fourth-order valence-electron chi connectivity index (χ4n) is 5.02.